The molecule has 0 aliphatic heterocycles. The number of aromatic nitrogens is 3. The number of hydrogen-bond donors (Lipinski definition) is 1. The third-order valence-corrected chi connectivity index (χ3v) is 3.93. The molecule has 4 heteroatoms. The topological polar surface area (TPSA) is 58.9 Å². The molecule has 0 fully saturated rings. The van der Waals surface area contributed by atoms with E-state index in [0.717, 1.165) is 16.8 Å². The van der Waals surface area contributed by atoms with Gasteiger partial charge in [0.05, 0.1) is 5.56 Å². The molecule has 0 spiro atoms. The molecule has 3 aromatic carbocycles. The van der Waals surface area contributed by atoms with Crippen LogP contribution in [0.1, 0.15) is 0 Å². The van der Waals surface area contributed by atoms with Crippen molar-refractivity contribution in [3.8, 4) is 39.7 Å². The van der Waals surface area contributed by atoms with E-state index >= 15 is 0 Å². The molecule has 0 radical (unpaired) electrons. The van der Waals surface area contributed by atoms with Gasteiger partial charge in [0.15, 0.2) is 5.82 Å². The summed E-state index contributed by atoms with van der Waals surface area (Å²) in [5, 5.41) is 18.8. The third-order valence-electron chi connectivity index (χ3n) is 3.93. The van der Waals surface area contributed by atoms with Crippen LogP contribution in [0.15, 0.2) is 84.9 Å². The number of rotatable bonds is 3. The predicted octanol–water partition coefficient (Wildman–Crippen LogP) is 4.58. The van der Waals surface area contributed by atoms with Gasteiger partial charge in [0.25, 0.3) is 0 Å². The monoisotopic (exact) mass is 325 g/mol. The Morgan fingerprint density at radius 2 is 1.12 bits per heavy atom. The molecule has 0 aliphatic rings. The van der Waals surface area contributed by atoms with Gasteiger partial charge < -0.3 is 5.11 Å². The van der Waals surface area contributed by atoms with E-state index in [1.807, 2.05) is 66.7 Å². The molecule has 0 bridgehead atoms. The Kier molecular flexibility index (Phi) is 3.92. The normalized spacial score (nSPS) is 10.6. The minimum absolute atomic E-state index is 0.135. The minimum atomic E-state index is 0.135. The fourth-order valence-corrected chi connectivity index (χ4v) is 2.69. The van der Waals surface area contributed by atoms with Gasteiger partial charge in [-0.3, -0.25) is 0 Å². The fraction of sp³-hybridized carbons (Fsp3) is 0. The summed E-state index contributed by atoms with van der Waals surface area (Å²) in [4.78, 5) is 4.72. The molecule has 0 amide bonds. The summed E-state index contributed by atoms with van der Waals surface area (Å²) in [6.45, 7) is 0. The first-order chi connectivity index (χ1) is 12.3. The van der Waals surface area contributed by atoms with Gasteiger partial charge in [0.1, 0.15) is 17.1 Å². The molecule has 4 aromatic rings. The lowest BCUT2D eigenvalue weighted by molar-refractivity contribution is 0.477. The van der Waals surface area contributed by atoms with Crippen molar-refractivity contribution in [2.24, 2.45) is 0 Å². The van der Waals surface area contributed by atoms with Crippen LogP contribution in [0.3, 0.4) is 0 Å². The van der Waals surface area contributed by atoms with Crippen molar-refractivity contribution in [3.05, 3.63) is 84.9 Å². The lowest BCUT2D eigenvalue weighted by Crippen LogP contribution is -2.00. The van der Waals surface area contributed by atoms with Crippen molar-refractivity contribution >= 4 is 0 Å². The van der Waals surface area contributed by atoms with Gasteiger partial charge in [0, 0.05) is 11.1 Å². The first-order valence-corrected chi connectivity index (χ1v) is 7.97. The van der Waals surface area contributed by atoms with E-state index in [2.05, 4.69) is 10.2 Å². The van der Waals surface area contributed by atoms with E-state index in [0.29, 0.717) is 17.1 Å². The molecule has 1 aromatic heterocycles. The van der Waals surface area contributed by atoms with Gasteiger partial charge in [0.2, 0.25) is 0 Å². The van der Waals surface area contributed by atoms with Gasteiger partial charge >= 0.3 is 0 Å². The van der Waals surface area contributed by atoms with Crippen LogP contribution < -0.4 is 0 Å². The maximum atomic E-state index is 10.1. The highest BCUT2D eigenvalue weighted by atomic mass is 16.3. The average Bonchev–Trinajstić information content (AvgIpc) is 2.69. The number of nitrogens with zero attached hydrogens (tertiary/aromatic N) is 3. The van der Waals surface area contributed by atoms with Gasteiger partial charge in [-0.05, 0) is 12.1 Å². The molecule has 4 rings (SSSR count). The lowest BCUT2D eigenvalue weighted by Gasteiger charge is -2.10. The molecule has 1 N–H and O–H groups in total. The smallest absolute Gasteiger partial charge is 0.186 e. The minimum Gasteiger partial charge on any atom is -0.507 e. The predicted molar refractivity (Wildman–Crippen MR) is 97.8 cm³/mol. The number of para-hydroxylation sites is 1. The molecular formula is C21H15N3O. The van der Waals surface area contributed by atoms with Gasteiger partial charge in [-0.25, -0.2) is 4.98 Å². The van der Waals surface area contributed by atoms with Crippen LogP contribution in [-0.4, -0.2) is 20.3 Å². The Morgan fingerprint density at radius 1 is 0.560 bits per heavy atom. The lowest BCUT2D eigenvalue weighted by atomic mass is 10.0. The van der Waals surface area contributed by atoms with Crippen LogP contribution in [0.25, 0.3) is 33.9 Å². The zero-order chi connectivity index (χ0) is 17.1. The highest BCUT2D eigenvalue weighted by Crippen LogP contribution is 2.32. The summed E-state index contributed by atoms with van der Waals surface area (Å²) >= 11 is 0. The molecule has 4 nitrogen and oxygen atoms in total. The number of phenolic OH excluding ortho intramolecular Hbond substituents is 1. The first-order valence-electron chi connectivity index (χ1n) is 7.97. The maximum Gasteiger partial charge on any atom is 0.186 e. The van der Waals surface area contributed by atoms with Crippen LogP contribution in [0, 0.1) is 0 Å². The largest absolute Gasteiger partial charge is 0.507 e. The highest BCUT2D eigenvalue weighted by molar-refractivity contribution is 5.79. The Balaban J connectivity index is 1.94. The fourth-order valence-electron chi connectivity index (χ4n) is 2.69. The molecule has 0 atom stereocenters. The highest BCUT2D eigenvalue weighted by Gasteiger charge is 2.15. The number of benzene rings is 3. The molecule has 0 saturated carbocycles. The van der Waals surface area contributed by atoms with Crippen LogP contribution in [0.4, 0.5) is 0 Å². The second kappa shape index (κ2) is 6.53. The van der Waals surface area contributed by atoms with Crippen LogP contribution in [0.2, 0.25) is 0 Å². The van der Waals surface area contributed by atoms with E-state index in [4.69, 9.17) is 4.98 Å². The zero-order valence-electron chi connectivity index (χ0n) is 13.4. The van der Waals surface area contributed by atoms with Gasteiger partial charge in [-0.15, -0.1) is 10.2 Å². The van der Waals surface area contributed by atoms with Crippen molar-refractivity contribution in [1.29, 1.82) is 0 Å². The van der Waals surface area contributed by atoms with Crippen LogP contribution >= 0.6 is 0 Å². The van der Waals surface area contributed by atoms with E-state index in [1.54, 1.807) is 18.2 Å². The zero-order valence-corrected chi connectivity index (χ0v) is 13.4. The summed E-state index contributed by atoms with van der Waals surface area (Å²) in [5.74, 6) is 0.535. The van der Waals surface area contributed by atoms with Gasteiger partial charge in [-0.2, -0.15) is 0 Å². The third kappa shape index (κ3) is 2.97. The van der Waals surface area contributed by atoms with Crippen molar-refractivity contribution in [3.63, 3.8) is 0 Å². The second-order valence-electron chi connectivity index (χ2n) is 5.58. The number of aromatic hydroxyl groups is 1. The molecule has 1 heterocycles. The molecular weight excluding hydrogens is 310 g/mol. The van der Waals surface area contributed by atoms with Crippen molar-refractivity contribution in [2.75, 3.05) is 0 Å². The number of phenols is 1. The molecule has 0 aliphatic carbocycles. The Hall–Kier alpha value is -3.53. The average molecular weight is 325 g/mol. The summed E-state index contributed by atoms with van der Waals surface area (Å²) in [7, 11) is 0. The van der Waals surface area contributed by atoms with Gasteiger partial charge in [-0.1, -0.05) is 72.8 Å². The SMILES string of the molecule is Oc1ccccc1-c1nnc(-c2ccccc2)c(-c2ccccc2)n1. The number of hydrogen-bond acceptors (Lipinski definition) is 4. The summed E-state index contributed by atoms with van der Waals surface area (Å²) in [6, 6.07) is 26.7. The van der Waals surface area contributed by atoms with Crippen LogP contribution in [-0.2, 0) is 0 Å². The standard InChI is InChI=1S/C21H15N3O/c25-18-14-8-7-13-17(18)21-22-19(15-9-3-1-4-10-15)20(23-24-21)16-11-5-2-6-12-16/h1-14,25H. The Bertz CT molecular complexity index is 1000. The van der Waals surface area contributed by atoms with E-state index < -0.39 is 0 Å². The Labute approximate surface area is 145 Å². The molecule has 120 valence electrons. The summed E-state index contributed by atoms with van der Waals surface area (Å²) < 4.78 is 0. The van der Waals surface area contributed by atoms with E-state index in [1.165, 1.54) is 0 Å². The molecule has 25 heavy (non-hydrogen) atoms. The molecule has 0 unspecified atom stereocenters. The summed E-state index contributed by atoms with van der Waals surface area (Å²) in [5.41, 5.74) is 3.91. The van der Waals surface area contributed by atoms with Crippen molar-refractivity contribution in [1.82, 2.24) is 15.2 Å². The quantitative estimate of drug-likeness (QED) is 0.599. The van der Waals surface area contributed by atoms with E-state index in [9.17, 15) is 5.11 Å². The Morgan fingerprint density at radius 3 is 1.76 bits per heavy atom. The van der Waals surface area contributed by atoms with E-state index in [-0.39, 0.29) is 5.75 Å². The van der Waals surface area contributed by atoms with Crippen molar-refractivity contribution in [2.45, 2.75) is 0 Å². The molecule has 0 saturated heterocycles. The maximum absolute atomic E-state index is 10.1. The summed E-state index contributed by atoms with van der Waals surface area (Å²) in [6.07, 6.45) is 0. The first kappa shape index (κ1) is 15.0. The van der Waals surface area contributed by atoms with Crippen molar-refractivity contribution < 1.29 is 5.11 Å². The second-order valence-corrected chi connectivity index (χ2v) is 5.58. The van der Waals surface area contributed by atoms with Crippen LogP contribution in [0.5, 0.6) is 5.75 Å².